The summed E-state index contributed by atoms with van der Waals surface area (Å²) in [5.41, 5.74) is 0.853. The lowest BCUT2D eigenvalue weighted by molar-refractivity contribution is -0.122. The molecule has 0 spiro atoms. The van der Waals surface area contributed by atoms with Crippen molar-refractivity contribution < 1.29 is 9.53 Å². The van der Waals surface area contributed by atoms with Gasteiger partial charge in [0.25, 0.3) is 0 Å². The number of hydrogen-bond acceptors (Lipinski definition) is 6. The van der Waals surface area contributed by atoms with Crippen LogP contribution in [0.2, 0.25) is 0 Å². The summed E-state index contributed by atoms with van der Waals surface area (Å²) >= 11 is 0. The van der Waals surface area contributed by atoms with Crippen molar-refractivity contribution in [1.82, 2.24) is 20.6 Å². The van der Waals surface area contributed by atoms with Gasteiger partial charge in [-0.15, -0.1) is 0 Å². The number of rotatable bonds is 4. The Morgan fingerprint density at radius 3 is 3.10 bits per heavy atom. The zero-order valence-corrected chi connectivity index (χ0v) is 12.1. The van der Waals surface area contributed by atoms with Gasteiger partial charge in [-0.3, -0.25) is 4.79 Å². The summed E-state index contributed by atoms with van der Waals surface area (Å²) in [4.78, 5) is 22.6. The first-order valence-electron chi connectivity index (χ1n) is 6.79. The molecule has 1 amide bonds. The largest absolute Gasteiger partial charge is 0.481 e. The van der Waals surface area contributed by atoms with Gasteiger partial charge in [0.2, 0.25) is 11.8 Å². The molecule has 2 N–H and O–H groups in total. The minimum Gasteiger partial charge on any atom is -0.481 e. The summed E-state index contributed by atoms with van der Waals surface area (Å²) in [6.07, 6.45) is 1.47. The van der Waals surface area contributed by atoms with Crippen LogP contribution in [0.5, 0.6) is 5.88 Å². The van der Waals surface area contributed by atoms with E-state index in [2.05, 4.69) is 20.6 Å². The third-order valence-electron chi connectivity index (χ3n) is 3.37. The normalized spacial score (nSPS) is 18.8. The van der Waals surface area contributed by atoms with Crippen molar-refractivity contribution in [2.45, 2.75) is 19.9 Å². The van der Waals surface area contributed by atoms with Gasteiger partial charge in [-0.2, -0.15) is 0 Å². The Morgan fingerprint density at radius 1 is 1.60 bits per heavy atom. The van der Waals surface area contributed by atoms with E-state index in [9.17, 15) is 4.79 Å². The summed E-state index contributed by atoms with van der Waals surface area (Å²) in [6.45, 7) is 6.60. The predicted molar refractivity (Wildman–Crippen MR) is 76.0 cm³/mol. The lowest BCUT2D eigenvalue weighted by atomic mass is 10.1. The summed E-state index contributed by atoms with van der Waals surface area (Å²) in [7, 11) is 1.58. The number of anilines is 1. The van der Waals surface area contributed by atoms with E-state index < -0.39 is 0 Å². The topological polar surface area (TPSA) is 79.4 Å². The first-order valence-corrected chi connectivity index (χ1v) is 6.79. The molecule has 1 atom stereocenters. The van der Waals surface area contributed by atoms with Crippen LogP contribution in [-0.4, -0.2) is 55.2 Å². The third-order valence-corrected chi connectivity index (χ3v) is 3.37. The van der Waals surface area contributed by atoms with Crippen molar-refractivity contribution >= 4 is 11.7 Å². The maximum absolute atomic E-state index is 12.2. The fourth-order valence-corrected chi connectivity index (χ4v) is 2.40. The molecule has 0 bridgehead atoms. The predicted octanol–water partition coefficient (Wildman–Crippen LogP) is -0.292. The molecular formula is C13H21N5O2. The van der Waals surface area contributed by atoms with Gasteiger partial charge in [-0.25, -0.2) is 9.97 Å². The van der Waals surface area contributed by atoms with Gasteiger partial charge in [-0.05, 0) is 13.8 Å². The highest BCUT2D eigenvalue weighted by atomic mass is 16.5. The molecule has 7 nitrogen and oxygen atoms in total. The van der Waals surface area contributed by atoms with Gasteiger partial charge in [0, 0.05) is 26.2 Å². The van der Waals surface area contributed by atoms with E-state index in [4.69, 9.17) is 4.74 Å². The summed E-state index contributed by atoms with van der Waals surface area (Å²) in [5.74, 6) is 1.31. The minimum atomic E-state index is -0.262. The van der Waals surface area contributed by atoms with E-state index in [1.807, 2.05) is 18.7 Å². The summed E-state index contributed by atoms with van der Waals surface area (Å²) < 4.78 is 5.23. The fraction of sp³-hybridized carbons (Fsp3) is 0.615. The highest BCUT2D eigenvalue weighted by molar-refractivity contribution is 5.85. The van der Waals surface area contributed by atoms with Gasteiger partial charge in [0.1, 0.15) is 18.2 Å². The number of aromatic nitrogens is 2. The second kappa shape index (κ2) is 6.51. The maximum Gasteiger partial charge on any atom is 0.244 e. The summed E-state index contributed by atoms with van der Waals surface area (Å²) in [6, 6.07) is -0.262. The number of hydrogen-bond donors (Lipinski definition) is 2. The van der Waals surface area contributed by atoms with Crippen LogP contribution in [0.3, 0.4) is 0 Å². The van der Waals surface area contributed by atoms with Crippen molar-refractivity contribution in [3.63, 3.8) is 0 Å². The molecule has 1 aromatic heterocycles. The van der Waals surface area contributed by atoms with Gasteiger partial charge in [0.05, 0.1) is 12.7 Å². The number of nitrogens with one attached hydrogen (secondary N) is 2. The molecule has 0 aromatic carbocycles. The Labute approximate surface area is 118 Å². The Bertz CT molecular complexity index is 480. The second-order valence-electron chi connectivity index (χ2n) is 4.64. The number of ether oxygens (including phenoxy) is 1. The Hall–Kier alpha value is -1.89. The molecule has 1 saturated heterocycles. The summed E-state index contributed by atoms with van der Waals surface area (Å²) in [5, 5.41) is 6.11. The lowest BCUT2D eigenvalue weighted by Crippen LogP contribution is -2.58. The molecule has 20 heavy (non-hydrogen) atoms. The average molecular weight is 279 g/mol. The second-order valence-corrected chi connectivity index (χ2v) is 4.64. The van der Waals surface area contributed by atoms with Gasteiger partial charge in [-0.1, -0.05) is 0 Å². The number of piperazine rings is 1. The number of nitrogens with zero attached hydrogens (tertiary/aromatic N) is 3. The maximum atomic E-state index is 12.2. The van der Waals surface area contributed by atoms with Crippen LogP contribution in [0.4, 0.5) is 5.82 Å². The SMILES string of the molecule is CCNC(=O)C1CNCCN1c1ncnc(OC)c1C. The molecule has 1 fully saturated rings. The standard InChI is InChI=1S/C13H21N5O2/c1-4-15-12(19)10-7-14-5-6-18(10)11-9(2)13(20-3)17-8-16-11/h8,10,14H,4-7H2,1-3H3,(H,15,19). The first kappa shape index (κ1) is 14.5. The van der Waals surface area contributed by atoms with E-state index in [-0.39, 0.29) is 11.9 Å². The van der Waals surface area contributed by atoms with Gasteiger partial charge >= 0.3 is 0 Å². The Morgan fingerprint density at radius 2 is 2.40 bits per heavy atom. The molecule has 0 saturated carbocycles. The van der Waals surface area contributed by atoms with Crippen LogP contribution >= 0.6 is 0 Å². The molecule has 2 heterocycles. The van der Waals surface area contributed by atoms with Crippen LogP contribution in [0.1, 0.15) is 12.5 Å². The first-order chi connectivity index (χ1) is 9.69. The van der Waals surface area contributed by atoms with Crippen molar-refractivity contribution in [2.75, 3.05) is 38.2 Å². The number of likely N-dealkylation sites (N-methyl/N-ethyl adjacent to an activating group) is 1. The number of amides is 1. The van der Waals surface area contributed by atoms with Crippen molar-refractivity contribution in [3.8, 4) is 5.88 Å². The van der Waals surface area contributed by atoms with Gasteiger partial charge in [0.15, 0.2) is 0 Å². The fourth-order valence-electron chi connectivity index (χ4n) is 2.40. The van der Waals surface area contributed by atoms with Crippen LogP contribution in [-0.2, 0) is 4.79 Å². The molecule has 1 aromatic rings. The third kappa shape index (κ3) is 2.82. The van der Waals surface area contributed by atoms with E-state index >= 15 is 0 Å². The number of methoxy groups -OCH3 is 1. The minimum absolute atomic E-state index is 0.0108. The molecule has 7 heteroatoms. The monoisotopic (exact) mass is 279 g/mol. The van der Waals surface area contributed by atoms with Crippen LogP contribution in [0, 0.1) is 6.92 Å². The van der Waals surface area contributed by atoms with E-state index in [1.165, 1.54) is 6.33 Å². The highest BCUT2D eigenvalue weighted by Crippen LogP contribution is 2.25. The zero-order chi connectivity index (χ0) is 14.5. The van der Waals surface area contributed by atoms with Gasteiger partial charge < -0.3 is 20.3 Å². The molecule has 0 radical (unpaired) electrons. The van der Waals surface area contributed by atoms with E-state index in [0.29, 0.717) is 19.0 Å². The van der Waals surface area contributed by atoms with Crippen molar-refractivity contribution in [2.24, 2.45) is 0 Å². The number of carbonyl (C=O) groups is 1. The molecule has 2 rings (SSSR count). The van der Waals surface area contributed by atoms with Crippen LogP contribution in [0.25, 0.3) is 0 Å². The smallest absolute Gasteiger partial charge is 0.244 e. The van der Waals surface area contributed by atoms with E-state index in [0.717, 1.165) is 24.5 Å². The molecule has 1 aliphatic heterocycles. The molecule has 1 unspecified atom stereocenters. The van der Waals surface area contributed by atoms with Crippen molar-refractivity contribution in [1.29, 1.82) is 0 Å². The number of carbonyl (C=O) groups excluding carboxylic acids is 1. The van der Waals surface area contributed by atoms with Crippen LogP contribution in [0.15, 0.2) is 6.33 Å². The lowest BCUT2D eigenvalue weighted by Gasteiger charge is -2.36. The average Bonchev–Trinajstić information content (AvgIpc) is 2.48. The van der Waals surface area contributed by atoms with E-state index in [1.54, 1.807) is 7.11 Å². The molecule has 0 aliphatic carbocycles. The molecule has 1 aliphatic rings. The molecule has 110 valence electrons. The highest BCUT2D eigenvalue weighted by Gasteiger charge is 2.30. The van der Waals surface area contributed by atoms with Crippen molar-refractivity contribution in [3.05, 3.63) is 11.9 Å². The Kier molecular flexibility index (Phi) is 4.73. The molecular weight excluding hydrogens is 258 g/mol. The Balaban J connectivity index is 2.30. The zero-order valence-electron chi connectivity index (χ0n) is 12.1. The quantitative estimate of drug-likeness (QED) is 0.788. The van der Waals surface area contributed by atoms with Crippen LogP contribution < -0.4 is 20.3 Å².